The first-order valence-corrected chi connectivity index (χ1v) is 6.28. The third-order valence-corrected chi connectivity index (χ3v) is 3.43. The van der Waals surface area contributed by atoms with Gasteiger partial charge in [0.2, 0.25) is 0 Å². The molecule has 0 unspecified atom stereocenters. The molecule has 0 amide bonds. The van der Waals surface area contributed by atoms with Crippen LogP contribution in [0.2, 0.25) is 0 Å². The normalized spacial score (nSPS) is 10.3. The molecular weight excluding hydrogens is 250 g/mol. The monoisotopic (exact) mass is 263 g/mol. The lowest BCUT2D eigenvalue weighted by Crippen LogP contribution is -2.00. The second kappa shape index (κ2) is 5.14. The standard InChI is InChI=1S/C12H13N3O2S/c1-8-3-4-10(5-11(8)15(16)17)13-7-12-14-6-9(2)18-12/h3-6,13H,7H2,1-2H3. The summed E-state index contributed by atoms with van der Waals surface area (Å²) in [5, 5.41) is 14.9. The van der Waals surface area contributed by atoms with Crippen molar-refractivity contribution in [1.29, 1.82) is 0 Å². The Morgan fingerprint density at radius 2 is 2.22 bits per heavy atom. The van der Waals surface area contributed by atoms with Gasteiger partial charge in [-0.1, -0.05) is 6.07 Å². The molecule has 0 bridgehead atoms. The lowest BCUT2D eigenvalue weighted by atomic mass is 10.2. The van der Waals surface area contributed by atoms with Crippen molar-refractivity contribution >= 4 is 22.7 Å². The van der Waals surface area contributed by atoms with Gasteiger partial charge in [-0.25, -0.2) is 4.98 Å². The molecule has 0 aliphatic carbocycles. The van der Waals surface area contributed by atoms with E-state index in [0.717, 1.165) is 15.6 Å². The van der Waals surface area contributed by atoms with Crippen LogP contribution in [0.4, 0.5) is 11.4 Å². The first-order valence-electron chi connectivity index (χ1n) is 5.46. The van der Waals surface area contributed by atoms with E-state index in [1.54, 1.807) is 30.4 Å². The Hall–Kier alpha value is -1.95. The van der Waals surface area contributed by atoms with E-state index in [4.69, 9.17) is 0 Å². The molecule has 1 heterocycles. The summed E-state index contributed by atoms with van der Waals surface area (Å²) in [4.78, 5) is 15.8. The maximum atomic E-state index is 10.8. The fourth-order valence-electron chi connectivity index (χ4n) is 1.58. The Balaban J connectivity index is 2.10. The summed E-state index contributed by atoms with van der Waals surface area (Å²) in [7, 11) is 0. The van der Waals surface area contributed by atoms with E-state index in [1.807, 2.05) is 19.2 Å². The first kappa shape index (κ1) is 12.5. The number of nitro benzene ring substituents is 1. The van der Waals surface area contributed by atoms with Gasteiger partial charge in [0, 0.05) is 28.4 Å². The Morgan fingerprint density at radius 3 is 2.83 bits per heavy atom. The van der Waals surface area contributed by atoms with Crippen LogP contribution < -0.4 is 5.32 Å². The number of aryl methyl sites for hydroxylation is 2. The molecule has 0 spiro atoms. The molecule has 0 radical (unpaired) electrons. The highest BCUT2D eigenvalue weighted by atomic mass is 32.1. The molecule has 5 nitrogen and oxygen atoms in total. The molecule has 94 valence electrons. The summed E-state index contributed by atoms with van der Waals surface area (Å²) in [5.74, 6) is 0. The van der Waals surface area contributed by atoms with Gasteiger partial charge in [-0.05, 0) is 19.9 Å². The van der Waals surface area contributed by atoms with Crippen LogP contribution >= 0.6 is 11.3 Å². The second-order valence-corrected chi connectivity index (χ2v) is 5.30. The highest BCUT2D eigenvalue weighted by Crippen LogP contribution is 2.23. The number of hydrogen-bond donors (Lipinski definition) is 1. The summed E-state index contributed by atoms with van der Waals surface area (Å²) in [6.07, 6.45) is 1.82. The number of benzene rings is 1. The zero-order chi connectivity index (χ0) is 13.1. The van der Waals surface area contributed by atoms with Crippen molar-refractivity contribution < 1.29 is 4.92 Å². The molecule has 2 aromatic rings. The number of hydrogen-bond acceptors (Lipinski definition) is 5. The molecule has 0 aliphatic heterocycles. The van der Waals surface area contributed by atoms with Crippen LogP contribution in [0.3, 0.4) is 0 Å². The van der Waals surface area contributed by atoms with Crippen LogP contribution in [0.25, 0.3) is 0 Å². The summed E-state index contributed by atoms with van der Waals surface area (Å²) in [6.45, 7) is 4.31. The van der Waals surface area contributed by atoms with Crippen LogP contribution in [0.5, 0.6) is 0 Å². The Labute approximate surface area is 109 Å². The Morgan fingerprint density at radius 1 is 1.44 bits per heavy atom. The lowest BCUT2D eigenvalue weighted by molar-refractivity contribution is -0.385. The maximum absolute atomic E-state index is 10.8. The molecule has 0 atom stereocenters. The number of nitrogens with one attached hydrogen (secondary N) is 1. The van der Waals surface area contributed by atoms with Crippen molar-refractivity contribution in [3.8, 4) is 0 Å². The molecule has 1 aromatic carbocycles. The van der Waals surface area contributed by atoms with Gasteiger partial charge in [-0.3, -0.25) is 10.1 Å². The van der Waals surface area contributed by atoms with Gasteiger partial charge in [-0.2, -0.15) is 0 Å². The minimum Gasteiger partial charge on any atom is -0.378 e. The zero-order valence-electron chi connectivity index (χ0n) is 10.1. The fraction of sp³-hybridized carbons (Fsp3) is 0.250. The van der Waals surface area contributed by atoms with Crippen molar-refractivity contribution in [2.24, 2.45) is 0 Å². The van der Waals surface area contributed by atoms with Crippen LogP contribution in [0.1, 0.15) is 15.4 Å². The first-order chi connectivity index (χ1) is 8.56. The van der Waals surface area contributed by atoms with Gasteiger partial charge in [0.1, 0.15) is 5.01 Å². The fourth-order valence-corrected chi connectivity index (χ4v) is 2.30. The average molecular weight is 263 g/mol. The summed E-state index contributed by atoms with van der Waals surface area (Å²) >= 11 is 1.61. The molecule has 2 rings (SSSR count). The minimum atomic E-state index is -0.367. The molecule has 1 aromatic heterocycles. The van der Waals surface area contributed by atoms with Crippen molar-refractivity contribution in [1.82, 2.24) is 4.98 Å². The van der Waals surface area contributed by atoms with E-state index in [0.29, 0.717) is 12.1 Å². The molecule has 6 heteroatoms. The molecule has 0 saturated carbocycles. The van der Waals surface area contributed by atoms with E-state index < -0.39 is 0 Å². The minimum absolute atomic E-state index is 0.135. The van der Waals surface area contributed by atoms with E-state index in [2.05, 4.69) is 10.3 Å². The number of anilines is 1. The van der Waals surface area contributed by atoms with Crippen LogP contribution in [0, 0.1) is 24.0 Å². The van der Waals surface area contributed by atoms with Crippen molar-refractivity contribution in [3.05, 3.63) is 50.0 Å². The molecule has 0 saturated heterocycles. The van der Waals surface area contributed by atoms with Crippen LogP contribution in [0.15, 0.2) is 24.4 Å². The van der Waals surface area contributed by atoms with Crippen molar-refractivity contribution in [3.63, 3.8) is 0 Å². The van der Waals surface area contributed by atoms with E-state index in [-0.39, 0.29) is 10.6 Å². The molecule has 0 aliphatic rings. The van der Waals surface area contributed by atoms with E-state index in [9.17, 15) is 10.1 Å². The number of rotatable bonds is 4. The highest BCUT2D eigenvalue weighted by Gasteiger charge is 2.10. The van der Waals surface area contributed by atoms with Gasteiger partial charge in [0.25, 0.3) is 5.69 Å². The molecular formula is C12H13N3O2S. The quantitative estimate of drug-likeness (QED) is 0.679. The third-order valence-electron chi connectivity index (χ3n) is 2.52. The van der Waals surface area contributed by atoms with Gasteiger partial charge in [-0.15, -0.1) is 11.3 Å². The predicted octanol–water partition coefficient (Wildman–Crippen LogP) is 3.28. The molecule has 18 heavy (non-hydrogen) atoms. The number of thiazole rings is 1. The smallest absolute Gasteiger partial charge is 0.274 e. The zero-order valence-corrected chi connectivity index (χ0v) is 11.0. The third kappa shape index (κ3) is 2.84. The van der Waals surface area contributed by atoms with Gasteiger partial charge >= 0.3 is 0 Å². The average Bonchev–Trinajstić information content (AvgIpc) is 2.74. The predicted molar refractivity (Wildman–Crippen MR) is 72.0 cm³/mol. The Kier molecular flexibility index (Phi) is 3.57. The topological polar surface area (TPSA) is 68.1 Å². The number of aromatic nitrogens is 1. The van der Waals surface area contributed by atoms with E-state index >= 15 is 0 Å². The summed E-state index contributed by atoms with van der Waals surface area (Å²) in [6, 6.07) is 5.13. The van der Waals surface area contributed by atoms with Crippen molar-refractivity contribution in [2.45, 2.75) is 20.4 Å². The van der Waals surface area contributed by atoms with E-state index in [1.165, 1.54) is 0 Å². The largest absolute Gasteiger partial charge is 0.378 e. The number of nitro groups is 1. The maximum Gasteiger partial charge on any atom is 0.274 e. The Bertz CT molecular complexity index is 580. The number of nitrogens with zero attached hydrogens (tertiary/aromatic N) is 2. The SMILES string of the molecule is Cc1cnc(CNc2ccc(C)c([N+](=O)[O-])c2)s1. The van der Waals surface area contributed by atoms with Crippen LogP contribution in [-0.4, -0.2) is 9.91 Å². The second-order valence-electron chi connectivity index (χ2n) is 3.98. The van der Waals surface area contributed by atoms with Gasteiger partial charge < -0.3 is 5.32 Å². The molecule has 1 N–H and O–H groups in total. The van der Waals surface area contributed by atoms with Crippen LogP contribution in [-0.2, 0) is 6.54 Å². The summed E-state index contributed by atoms with van der Waals surface area (Å²) in [5.41, 5.74) is 1.53. The highest BCUT2D eigenvalue weighted by molar-refractivity contribution is 7.11. The van der Waals surface area contributed by atoms with Gasteiger partial charge in [0.05, 0.1) is 11.5 Å². The van der Waals surface area contributed by atoms with Gasteiger partial charge in [0.15, 0.2) is 0 Å². The molecule has 0 fully saturated rings. The lowest BCUT2D eigenvalue weighted by Gasteiger charge is -2.05. The van der Waals surface area contributed by atoms with Crippen molar-refractivity contribution in [2.75, 3.05) is 5.32 Å². The summed E-state index contributed by atoms with van der Waals surface area (Å²) < 4.78 is 0.